The van der Waals surface area contributed by atoms with E-state index in [0.717, 1.165) is 0 Å². The van der Waals surface area contributed by atoms with Crippen molar-refractivity contribution in [2.45, 2.75) is 6.92 Å². The Morgan fingerprint density at radius 1 is 1.86 bits per heavy atom. The predicted molar refractivity (Wildman–Crippen MR) is 26.8 cm³/mol. The molecule has 0 bridgehead atoms. The number of oxime groups is 1. The van der Waals surface area contributed by atoms with Gasteiger partial charge in [-0.05, 0) is 6.92 Å². The summed E-state index contributed by atoms with van der Waals surface area (Å²) in [5.41, 5.74) is 0.586. The Bertz CT molecular complexity index is 70.1. The standard InChI is InChI=1S/C4H9NO2/c1-4(5-6)3-7-2/h6H,3H2,1-2H3/b5-4+. The van der Waals surface area contributed by atoms with Crippen LogP contribution in [0, 0.1) is 0 Å². The smallest absolute Gasteiger partial charge is 0.0875 e. The maximum atomic E-state index is 7.97. The number of ether oxygens (including phenoxy) is 1. The second-order valence-electron chi connectivity index (χ2n) is 1.27. The van der Waals surface area contributed by atoms with Crippen LogP contribution in [0.3, 0.4) is 0 Å². The molecule has 3 nitrogen and oxygen atoms in total. The monoisotopic (exact) mass is 103 g/mol. The minimum Gasteiger partial charge on any atom is -0.411 e. The molecule has 0 aliphatic heterocycles. The molecule has 0 heterocycles. The molecule has 0 saturated heterocycles. The third-order valence-electron chi connectivity index (χ3n) is 0.524. The molecule has 0 radical (unpaired) electrons. The maximum Gasteiger partial charge on any atom is 0.0875 e. The highest BCUT2D eigenvalue weighted by molar-refractivity contribution is 5.82. The third-order valence-corrected chi connectivity index (χ3v) is 0.524. The van der Waals surface area contributed by atoms with Gasteiger partial charge in [0.2, 0.25) is 0 Å². The van der Waals surface area contributed by atoms with Gasteiger partial charge in [-0.3, -0.25) is 0 Å². The van der Waals surface area contributed by atoms with Crippen molar-refractivity contribution in [2.24, 2.45) is 5.16 Å². The second kappa shape index (κ2) is 3.61. The molecule has 0 aromatic carbocycles. The van der Waals surface area contributed by atoms with Crippen molar-refractivity contribution in [2.75, 3.05) is 13.7 Å². The lowest BCUT2D eigenvalue weighted by atomic mass is 10.5. The quantitative estimate of drug-likeness (QED) is 0.314. The number of rotatable bonds is 2. The van der Waals surface area contributed by atoms with Crippen LogP contribution < -0.4 is 0 Å². The van der Waals surface area contributed by atoms with E-state index in [0.29, 0.717) is 12.3 Å². The summed E-state index contributed by atoms with van der Waals surface area (Å²) in [6, 6.07) is 0. The molecule has 0 aliphatic carbocycles. The van der Waals surface area contributed by atoms with E-state index in [1.54, 1.807) is 14.0 Å². The molecule has 0 spiro atoms. The molecular formula is C4H9NO2. The van der Waals surface area contributed by atoms with Gasteiger partial charge in [0.25, 0.3) is 0 Å². The first-order valence-electron chi connectivity index (χ1n) is 1.97. The van der Waals surface area contributed by atoms with E-state index in [9.17, 15) is 0 Å². The SMILES string of the molecule is COC/C(C)=N/O. The van der Waals surface area contributed by atoms with Gasteiger partial charge in [0.05, 0.1) is 12.3 Å². The van der Waals surface area contributed by atoms with Gasteiger partial charge in [0.15, 0.2) is 0 Å². The topological polar surface area (TPSA) is 41.8 Å². The Hall–Kier alpha value is -0.570. The molecule has 42 valence electrons. The van der Waals surface area contributed by atoms with Crippen molar-refractivity contribution in [3.63, 3.8) is 0 Å². The fourth-order valence-electron chi connectivity index (χ4n) is 0.238. The minimum absolute atomic E-state index is 0.399. The lowest BCUT2D eigenvalue weighted by Gasteiger charge is -1.90. The van der Waals surface area contributed by atoms with E-state index in [4.69, 9.17) is 5.21 Å². The molecule has 0 aromatic rings. The molecule has 3 heteroatoms. The summed E-state index contributed by atoms with van der Waals surface area (Å²) in [6.45, 7) is 2.08. The Morgan fingerprint density at radius 3 is 2.57 bits per heavy atom. The molecule has 0 saturated carbocycles. The second-order valence-corrected chi connectivity index (χ2v) is 1.27. The van der Waals surface area contributed by atoms with E-state index in [1.807, 2.05) is 0 Å². The normalized spacial score (nSPS) is 12.0. The van der Waals surface area contributed by atoms with Crippen LogP contribution in [0.4, 0.5) is 0 Å². The average Bonchev–Trinajstić information content (AvgIpc) is 1.68. The molecular weight excluding hydrogens is 94.0 g/mol. The summed E-state index contributed by atoms with van der Waals surface area (Å²) in [7, 11) is 1.55. The van der Waals surface area contributed by atoms with Crippen LogP contribution in [-0.4, -0.2) is 24.6 Å². The van der Waals surface area contributed by atoms with Crippen molar-refractivity contribution in [1.82, 2.24) is 0 Å². The molecule has 7 heavy (non-hydrogen) atoms. The summed E-state index contributed by atoms with van der Waals surface area (Å²) in [4.78, 5) is 0. The fraction of sp³-hybridized carbons (Fsp3) is 0.750. The first kappa shape index (κ1) is 6.43. The molecule has 0 atom stereocenters. The summed E-state index contributed by atoms with van der Waals surface area (Å²) in [5.74, 6) is 0. The largest absolute Gasteiger partial charge is 0.411 e. The zero-order valence-electron chi connectivity index (χ0n) is 4.51. The number of methoxy groups -OCH3 is 1. The first-order chi connectivity index (χ1) is 3.31. The predicted octanol–water partition coefficient (Wildman–Crippen LogP) is 0.483. The van der Waals surface area contributed by atoms with Crippen molar-refractivity contribution in [1.29, 1.82) is 0 Å². The summed E-state index contributed by atoms with van der Waals surface area (Å²) in [5, 5.41) is 10.8. The van der Waals surface area contributed by atoms with Crippen molar-refractivity contribution in [3.8, 4) is 0 Å². The summed E-state index contributed by atoms with van der Waals surface area (Å²) >= 11 is 0. The Kier molecular flexibility index (Phi) is 3.32. The molecule has 0 rings (SSSR count). The fourth-order valence-corrected chi connectivity index (χ4v) is 0.238. The molecule has 0 aromatic heterocycles. The van der Waals surface area contributed by atoms with Crippen LogP contribution in [-0.2, 0) is 4.74 Å². The van der Waals surface area contributed by atoms with E-state index in [-0.39, 0.29) is 0 Å². The first-order valence-corrected chi connectivity index (χ1v) is 1.97. The summed E-state index contributed by atoms with van der Waals surface area (Å²) < 4.78 is 4.60. The highest BCUT2D eigenvalue weighted by atomic mass is 16.5. The van der Waals surface area contributed by atoms with Crippen LogP contribution in [0.15, 0.2) is 5.16 Å². The Morgan fingerprint density at radius 2 is 2.43 bits per heavy atom. The van der Waals surface area contributed by atoms with Crippen LogP contribution in [0.2, 0.25) is 0 Å². The van der Waals surface area contributed by atoms with Crippen LogP contribution in [0.25, 0.3) is 0 Å². The lowest BCUT2D eigenvalue weighted by Crippen LogP contribution is -2.00. The van der Waals surface area contributed by atoms with E-state index >= 15 is 0 Å². The van der Waals surface area contributed by atoms with Gasteiger partial charge >= 0.3 is 0 Å². The number of nitrogens with zero attached hydrogens (tertiary/aromatic N) is 1. The lowest BCUT2D eigenvalue weighted by molar-refractivity contribution is 0.237. The molecule has 0 unspecified atom stereocenters. The Balaban J connectivity index is 3.17. The number of hydrogen-bond acceptors (Lipinski definition) is 3. The Labute approximate surface area is 42.6 Å². The van der Waals surface area contributed by atoms with Crippen molar-refractivity contribution < 1.29 is 9.94 Å². The minimum atomic E-state index is 0.399. The van der Waals surface area contributed by atoms with Gasteiger partial charge in [0.1, 0.15) is 0 Å². The van der Waals surface area contributed by atoms with Crippen LogP contribution >= 0.6 is 0 Å². The van der Waals surface area contributed by atoms with Gasteiger partial charge in [-0.1, -0.05) is 5.16 Å². The molecule has 1 N–H and O–H groups in total. The zero-order valence-corrected chi connectivity index (χ0v) is 4.51. The van der Waals surface area contributed by atoms with E-state index in [2.05, 4.69) is 9.89 Å². The summed E-state index contributed by atoms with van der Waals surface area (Å²) in [6.07, 6.45) is 0. The van der Waals surface area contributed by atoms with Gasteiger partial charge in [-0.2, -0.15) is 0 Å². The molecule has 0 aliphatic rings. The van der Waals surface area contributed by atoms with Crippen LogP contribution in [0.1, 0.15) is 6.92 Å². The zero-order chi connectivity index (χ0) is 5.70. The van der Waals surface area contributed by atoms with Crippen molar-refractivity contribution >= 4 is 5.71 Å². The average molecular weight is 103 g/mol. The van der Waals surface area contributed by atoms with Gasteiger partial charge in [0, 0.05) is 7.11 Å². The van der Waals surface area contributed by atoms with E-state index in [1.165, 1.54) is 0 Å². The highest BCUT2D eigenvalue weighted by Gasteiger charge is 1.84. The molecule has 0 fully saturated rings. The van der Waals surface area contributed by atoms with Gasteiger partial charge in [-0.15, -0.1) is 0 Å². The molecule has 0 amide bonds. The van der Waals surface area contributed by atoms with E-state index < -0.39 is 0 Å². The van der Waals surface area contributed by atoms with Crippen LogP contribution in [0.5, 0.6) is 0 Å². The van der Waals surface area contributed by atoms with Gasteiger partial charge < -0.3 is 9.94 Å². The third kappa shape index (κ3) is 3.26. The van der Waals surface area contributed by atoms with Crippen molar-refractivity contribution in [3.05, 3.63) is 0 Å². The maximum absolute atomic E-state index is 7.97. The highest BCUT2D eigenvalue weighted by Crippen LogP contribution is 1.72. The number of hydrogen-bond donors (Lipinski definition) is 1. The van der Waals surface area contributed by atoms with Gasteiger partial charge in [-0.25, -0.2) is 0 Å².